The number of aliphatic imine (C=N–C) groups is 1. The van der Waals surface area contributed by atoms with Crippen molar-refractivity contribution in [2.24, 2.45) is 4.99 Å². The number of amidine groups is 1. The van der Waals surface area contributed by atoms with E-state index in [1.807, 2.05) is 38.4 Å². The molecule has 0 fully saturated rings. The summed E-state index contributed by atoms with van der Waals surface area (Å²) in [6.07, 6.45) is 11.7. The standard InChI is InChI=1S/C15H22N2O2/c1-12-11-14(19-4)13(18-3)9-7-5-6-8-10-17-15(12)16-2/h7-11H,5-6H2,1-4H3,(H,16,17)/b9-7+,10-8+,12-11+,14-13-. The Morgan fingerprint density at radius 1 is 1.11 bits per heavy atom. The van der Waals surface area contributed by atoms with Crippen LogP contribution in [0.1, 0.15) is 19.8 Å². The third-order valence-electron chi connectivity index (χ3n) is 2.72. The molecule has 0 aromatic heterocycles. The number of methoxy groups -OCH3 is 2. The monoisotopic (exact) mass is 262 g/mol. The Labute approximate surface area is 115 Å². The van der Waals surface area contributed by atoms with Crippen LogP contribution in [0.5, 0.6) is 0 Å². The minimum absolute atomic E-state index is 0.684. The highest BCUT2D eigenvalue weighted by atomic mass is 16.5. The van der Waals surface area contributed by atoms with Gasteiger partial charge in [0.1, 0.15) is 5.84 Å². The van der Waals surface area contributed by atoms with Crippen LogP contribution in [-0.4, -0.2) is 27.1 Å². The molecule has 0 spiro atoms. The molecule has 1 aliphatic heterocycles. The van der Waals surface area contributed by atoms with Crippen LogP contribution in [0.3, 0.4) is 0 Å². The van der Waals surface area contributed by atoms with Crippen molar-refractivity contribution in [3.05, 3.63) is 47.6 Å². The number of hydrogen-bond acceptors (Lipinski definition) is 4. The molecule has 0 amide bonds. The van der Waals surface area contributed by atoms with Gasteiger partial charge in [-0.1, -0.05) is 12.2 Å². The first-order valence-corrected chi connectivity index (χ1v) is 6.31. The number of nitrogens with one attached hydrogen (secondary N) is 1. The first-order valence-electron chi connectivity index (χ1n) is 6.31. The first kappa shape index (κ1) is 15.1. The molecule has 0 saturated carbocycles. The fourth-order valence-corrected chi connectivity index (χ4v) is 1.69. The van der Waals surface area contributed by atoms with E-state index in [-0.39, 0.29) is 0 Å². The van der Waals surface area contributed by atoms with Gasteiger partial charge in [-0.25, -0.2) is 4.99 Å². The number of allylic oxidation sites excluding steroid dienone is 4. The molecule has 0 radical (unpaired) electrons. The second-order valence-corrected chi connectivity index (χ2v) is 4.06. The zero-order valence-electron chi connectivity index (χ0n) is 12.1. The van der Waals surface area contributed by atoms with Gasteiger partial charge in [0, 0.05) is 13.2 Å². The van der Waals surface area contributed by atoms with E-state index in [9.17, 15) is 0 Å². The molecule has 1 N–H and O–H groups in total. The molecule has 19 heavy (non-hydrogen) atoms. The zero-order chi connectivity index (χ0) is 14.1. The van der Waals surface area contributed by atoms with Gasteiger partial charge in [0.05, 0.1) is 14.2 Å². The van der Waals surface area contributed by atoms with Gasteiger partial charge in [-0.2, -0.15) is 0 Å². The van der Waals surface area contributed by atoms with Gasteiger partial charge in [0.2, 0.25) is 0 Å². The molecule has 0 saturated heterocycles. The Balaban J connectivity index is 3.25. The highest BCUT2D eigenvalue weighted by molar-refractivity contribution is 5.98. The van der Waals surface area contributed by atoms with Crippen LogP contribution in [0, 0.1) is 0 Å². The Hall–Kier alpha value is -1.97. The summed E-state index contributed by atoms with van der Waals surface area (Å²) < 4.78 is 10.7. The second kappa shape index (κ2) is 8.19. The van der Waals surface area contributed by atoms with Crippen molar-refractivity contribution in [1.29, 1.82) is 0 Å². The fourth-order valence-electron chi connectivity index (χ4n) is 1.69. The normalized spacial score (nSPS) is 29.7. The van der Waals surface area contributed by atoms with Gasteiger partial charge < -0.3 is 14.8 Å². The molecule has 1 rings (SSSR count). The number of likely N-dealkylation sites (N-methyl/N-ethyl adjacent to an activating group) is 1. The lowest BCUT2D eigenvalue weighted by atomic mass is 10.2. The summed E-state index contributed by atoms with van der Waals surface area (Å²) in [5.41, 5.74) is 0.979. The average molecular weight is 262 g/mol. The van der Waals surface area contributed by atoms with Crippen molar-refractivity contribution in [1.82, 2.24) is 5.32 Å². The van der Waals surface area contributed by atoms with Crippen LogP contribution < -0.4 is 5.32 Å². The molecular formula is C15H22N2O2. The van der Waals surface area contributed by atoms with E-state index in [1.165, 1.54) is 0 Å². The lowest BCUT2D eigenvalue weighted by Gasteiger charge is -2.10. The summed E-state index contributed by atoms with van der Waals surface area (Å²) in [6.45, 7) is 1.98. The van der Waals surface area contributed by atoms with E-state index < -0.39 is 0 Å². The van der Waals surface area contributed by atoms with Gasteiger partial charge in [-0.3, -0.25) is 0 Å². The SMILES string of the molecule is CNC1=N/C=C/CC/C=C/C(OC)=C(OC)\C=C\1C. The van der Waals surface area contributed by atoms with Crippen molar-refractivity contribution in [3.63, 3.8) is 0 Å². The lowest BCUT2D eigenvalue weighted by molar-refractivity contribution is 0.241. The van der Waals surface area contributed by atoms with Crippen LogP contribution in [0.25, 0.3) is 0 Å². The molecular weight excluding hydrogens is 240 g/mol. The maximum atomic E-state index is 5.39. The fraction of sp³-hybridized carbons (Fsp3) is 0.400. The number of ether oxygens (including phenoxy) is 2. The smallest absolute Gasteiger partial charge is 0.161 e. The van der Waals surface area contributed by atoms with Gasteiger partial charge in [-0.05, 0) is 37.5 Å². The molecule has 0 aliphatic carbocycles. The van der Waals surface area contributed by atoms with E-state index in [0.29, 0.717) is 11.5 Å². The minimum atomic E-state index is 0.684. The van der Waals surface area contributed by atoms with Crippen LogP contribution in [0.15, 0.2) is 52.6 Å². The Morgan fingerprint density at radius 2 is 1.79 bits per heavy atom. The zero-order valence-corrected chi connectivity index (χ0v) is 12.1. The summed E-state index contributed by atoms with van der Waals surface area (Å²) in [5.74, 6) is 2.21. The molecule has 0 unspecified atom stereocenters. The predicted octanol–water partition coefficient (Wildman–Crippen LogP) is 2.92. The summed E-state index contributed by atoms with van der Waals surface area (Å²) in [5, 5.41) is 3.08. The van der Waals surface area contributed by atoms with Crippen LogP contribution in [0.2, 0.25) is 0 Å². The third kappa shape index (κ3) is 4.66. The molecule has 4 heteroatoms. The molecule has 4 nitrogen and oxygen atoms in total. The molecule has 104 valence electrons. The van der Waals surface area contributed by atoms with Crippen LogP contribution >= 0.6 is 0 Å². The van der Waals surface area contributed by atoms with E-state index in [1.54, 1.807) is 14.2 Å². The summed E-state index contributed by atoms with van der Waals surface area (Å²) in [7, 11) is 5.12. The van der Waals surface area contributed by atoms with Gasteiger partial charge in [-0.15, -0.1) is 0 Å². The lowest BCUT2D eigenvalue weighted by Crippen LogP contribution is -2.19. The van der Waals surface area contributed by atoms with E-state index >= 15 is 0 Å². The topological polar surface area (TPSA) is 42.9 Å². The quantitative estimate of drug-likeness (QED) is 0.832. The van der Waals surface area contributed by atoms with Crippen molar-refractivity contribution in [2.45, 2.75) is 19.8 Å². The van der Waals surface area contributed by atoms with Crippen LogP contribution in [0.4, 0.5) is 0 Å². The third-order valence-corrected chi connectivity index (χ3v) is 2.72. The first-order chi connectivity index (χ1) is 9.22. The van der Waals surface area contributed by atoms with Gasteiger partial charge >= 0.3 is 0 Å². The van der Waals surface area contributed by atoms with E-state index in [2.05, 4.69) is 16.4 Å². The Kier molecular flexibility index (Phi) is 6.50. The van der Waals surface area contributed by atoms with Crippen LogP contribution in [-0.2, 0) is 9.47 Å². The number of nitrogens with zero attached hydrogens (tertiary/aromatic N) is 1. The van der Waals surface area contributed by atoms with Gasteiger partial charge in [0.25, 0.3) is 0 Å². The average Bonchev–Trinajstić information content (AvgIpc) is 2.42. The summed E-state index contributed by atoms with van der Waals surface area (Å²) in [6, 6.07) is 0. The predicted molar refractivity (Wildman–Crippen MR) is 78.8 cm³/mol. The molecule has 0 aromatic carbocycles. The van der Waals surface area contributed by atoms with E-state index in [0.717, 1.165) is 24.3 Å². The second-order valence-electron chi connectivity index (χ2n) is 4.06. The Bertz CT molecular complexity index is 443. The van der Waals surface area contributed by atoms with Crippen molar-refractivity contribution in [2.75, 3.05) is 21.3 Å². The molecule has 0 aromatic rings. The van der Waals surface area contributed by atoms with Crippen molar-refractivity contribution >= 4 is 5.84 Å². The number of hydrogen-bond donors (Lipinski definition) is 1. The maximum Gasteiger partial charge on any atom is 0.161 e. The summed E-state index contributed by atoms with van der Waals surface area (Å²) >= 11 is 0. The Morgan fingerprint density at radius 3 is 2.42 bits per heavy atom. The highest BCUT2D eigenvalue weighted by Crippen LogP contribution is 2.14. The van der Waals surface area contributed by atoms with Crippen molar-refractivity contribution < 1.29 is 9.47 Å². The molecule has 0 bridgehead atoms. The maximum absolute atomic E-state index is 5.39. The largest absolute Gasteiger partial charge is 0.493 e. The van der Waals surface area contributed by atoms with Gasteiger partial charge in [0.15, 0.2) is 11.5 Å². The minimum Gasteiger partial charge on any atom is -0.493 e. The van der Waals surface area contributed by atoms with E-state index in [4.69, 9.17) is 9.47 Å². The molecule has 0 atom stereocenters. The highest BCUT2D eigenvalue weighted by Gasteiger charge is 2.06. The van der Waals surface area contributed by atoms with Crippen molar-refractivity contribution in [3.8, 4) is 0 Å². The number of rotatable bonds is 2. The summed E-state index contributed by atoms with van der Waals surface area (Å²) in [4.78, 5) is 4.39. The molecule has 1 aliphatic rings. The molecule has 1 heterocycles.